The Hall–Kier alpha value is -1.53. The Morgan fingerprint density at radius 1 is 1.42 bits per heavy atom. The third-order valence-corrected chi connectivity index (χ3v) is 3.12. The molecule has 6 heteroatoms. The van der Waals surface area contributed by atoms with E-state index in [4.69, 9.17) is 10.6 Å². The van der Waals surface area contributed by atoms with Gasteiger partial charge in [0.15, 0.2) is 0 Å². The lowest BCUT2D eigenvalue weighted by atomic mass is 10.0. The summed E-state index contributed by atoms with van der Waals surface area (Å²) in [4.78, 5) is 11.8. The van der Waals surface area contributed by atoms with Gasteiger partial charge >= 0.3 is 5.97 Å². The van der Waals surface area contributed by atoms with Gasteiger partial charge in [0.2, 0.25) is 0 Å². The van der Waals surface area contributed by atoms with E-state index in [-0.39, 0.29) is 19.6 Å². The van der Waals surface area contributed by atoms with Crippen LogP contribution >= 0.6 is 0 Å². The predicted molar refractivity (Wildman–Crippen MR) is 65.1 cm³/mol. The Morgan fingerprint density at radius 3 is 2.79 bits per heavy atom. The van der Waals surface area contributed by atoms with E-state index in [1.54, 1.807) is 12.1 Å². The predicted octanol–water partition coefficient (Wildman–Crippen LogP) is 1.70. The highest BCUT2D eigenvalue weighted by Gasteiger charge is 2.43. The lowest BCUT2D eigenvalue weighted by Crippen LogP contribution is -2.54. The minimum atomic E-state index is -2.85. The molecule has 0 amide bonds. The molecule has 1 unspecified atom stereocenters. The molecule has 2 rings (SSSR count). The molecule has 0 radical (unpaired) electrons. The van der Waals surface area contributed by atoms with Crippen LogP contribution in [0.5, 0.6) is 0 Å². The first kappa shape index (κ1) is 13.9. The van der Waals surface area contributed by atoms with E-state index < -0.39 is 24.4 Å². The van der Waals surface area contributed by atoms with E-state index in [0.29, 0.717) is 0 Å². The van der Waals surface area contributed by atoms with E-state index in [0.717, 1.165) is 10.6 Å². The molecular formula is C13H16F2N2O2. The highest BCUT2D eigenvalue weighted by atomic mass is 19.3. The molecule has 1 atom stereocenters. The first-order valence-corrected chi connectivity index (χ1v) is 6.08. The fourth-order valence-electron chi connectivity index (χ4n) is 1.99. The fraction of sp³-hybridized carbons (Fsp3) is 0.462. The Labute approximate surface area is 110 Å². The van der Waals surface area contributed by atoms with E-state index >= 15 is 0 Å². The van der Waals surface area contributed by atoms with Gasteiger partial charge in [-0.05, 0) is 5.56 Å². The van der Waals surface area contributed by atoms with Crippen molar-refractivity contribution in [3.05, 3.63) is 35.9 Å². The Balaban J connectivity index is 1.92. The fourth-order valence-corrected chi connectivity index (χ4v) is 1.99. The molecule has 19 heavy (non-hydrogen) atoms. The second kappa shape index (κ2) is 5.63. The Morgan fingerprint density at radius 2 is 2.11 bits per heavy atom. The number of ether oxygens (including phenoxy) is 1. The molecule has 4 nitrogen and oxygen atoms in total. The quantitative estimate of drug-likeness (QED) is 0.671. The van der Waals surface area contributed by atoms with Gasteiger partial charge in [0.05, 0.1) is 0 Å². The van der Waals surface area contributed by atoms with Crippen LogP contribution in [0.25, 0.3) is 0 Å². The molecule has 1 fully saturated rings. The lowest BCUT2D eigenvalue weighted by molar-refractivity contribution is -0.161. The SMILES string of the molecule is NN1CCC(F)(F)CC1C(=O)OCc1ccccc1. The van der Waals surface area contributed by atoms with Crippen LogP contribution in [-0.2, 0) is 16.1 Å². The molecule has 1 aromatic rings. The van der Waals surface area contributed by atoms with Crippen LogP contribution in [0.15, 0.2) is 30.3 Å². The molecule has 104 valence electrons. The molecule has 1 aliphatic heterocycles. The Bertz CT molecular complexity index is 440. The maximum absolute atomic E-state index is 13.3. The zero-order chi connectivity index (χ0) is 13.9. The van der Waals surface area contributed by atoms with E-state index in [1.165, 1.54) is 0 Å². The number of hydrogen-bond donors (Lipinski definition) is 1. The van der Waals surface area contributed by atoms with Crippen molar-refractivity contribution in [2.75, 3.05) is 6.54 Å². The first-order chi connectivity index (χ1) is 8.98. The van der Waals surface area contributed by atoms with Crippen LogP contribution in [0.1, 0.15) is 18.4 Å². The normalized spacial score (nSPS) is 23.0. The van der Waals surface area contributed by atoms with Crippen molar-refractivity contribution in [3.8, 4) is 0 Å². The van der Waals surface area contributed by atoms with E-state index in [9.17, 15) is 13.6 Å². The molecule has 0 spiro atoms. The second-order valence-electron chi connectivity index (χ2n) is 4.66. The molecule has 1 aromatic carbocycles. The van der Waals surface area contributed by atoms with Gasteiger partial charge in [-0.15, -0.1) is 0 Å². The van der Waals surface area contributed by atoms with Gasteiger partial charge in [0, 0.05) is 19.4 Å². The minimum Gasteiger partial charge on any atom is -0.460 e. The van der Waals surface area contributed by atoms with Gasteiger partial charge in [0.25, 0.3) is 5.92 Å². The summed E-state index contributed by atoms with van der Waals surface area (Å²) < 4.78 is 31.6. The third-order valence-electron chi connectivity index (χ3n) is 3.12. The zero-order valence-corrected chi connectivity index (χ0v) is 10.4. The molecule has 0 bridgehead atoms. The molecule has 0 aliphatic carbocycles. The highest BCUT2D eigenvalue weighted by Crippen LogP contribution is 2.30. The van der Waals surface area contributed by atoms with Gasteiger partial charge in [-0.1, -0.05) is 30.3 Å². The second-order valence-corrected chi connectivity index (χ2v) is 4.66. The van der Waals surface area contributed by atoms with Crippen molar-refractivity contribution in [2.45, 2.75) is 31.4 Å². The summed E-state index contributed by atoms with van der Waals surface area (Å²) in [6.07, 6.45) is -0.914. The summed E-state index contributed by atoms with van der Waals surface area (Å²) in [7, 11) is 0. The van der Waals surface area contributed by atoms with Crippen LogP contribution < -0.4 is 5.84 Å². The first-order valence-electron chi connectivity index (χ1n) is 6.08. The number of carbonyl (C=O) groups excluding carboxylic acids is 1. The standard InChI is InChI=1S/C13H16F2N2O2/c14-13(15)6-7-17(16)11(8-13)12(18)19-9-10-4-2-1-3-5-10/h1-5,11H,6-9,16H2. The summed E-state index contributed by atoms with van der Waals surface area (Å²) >= 11 is 0. The van der Waals surface area contributed by atoms with Crippen molar-refractivity contribution in [3.63, 3.8) is 0 Å². The van der Waals surface area contributed by atoms with Crippen LogP contribution in [0.2, 0.25) is 0 Å². The van der Waals surface area contributed by atoms with Gasteiger partial charge in [-0.3, -0.25) is 10.6 Å². The minimum absolute atomic E-state index is 0.0158. The summed E-state index contributed by atoms with van der Waals surface area (Å²) in [5.74, 6) is 2.01. The summed E-state index contributed by atoms with van der Waals surface area (Å²) in [5, 5.41) is 1.13. The molecule has 2 N–H and O–H groups in total. The number of benzene rings is 1. The van der Waals surface area contributed by atoms with Gasteiger partial charge in [-0.2, -0.15) is 0 Å². The number of nitrogens with two attached hydrogens (primary N) is 1. The van der Waals surface area contributed by atoms with Gasteiger partial charge in [0.1, 0.15) is 12.6 Å². The molecular weight excluding hydrogens is 254 g/mol. The average Bonchev–Trinajstić information content (AvgIpc) is 2.40. The lowest BCUT2D eigenvalue weighted by Gasteiger charge is -2.34. The number of nitrogens with zero attached hydrogens (tertiary/aromatic N) is 1. The largest absolute Gasteiger partial charge is 0.460 e. The molecule has 1 heterocycles. The smallest absolute Gasteiger partial charge is 0.325 e. The monoisotopic (exact) mass is 270 g/mol. The highest BCUT2D eigenvalue weighted by molar-refractivity contribution is 5.76. The maximum atomic E-state index is 13.3. The van der Waals surface area contributed by atoms with Crippen molar-refractivity contribution in [1.29, 1.82) is 0 Å². The molecule has 1 aliphatic rings. The number of alkyl halides is 2. The molecule has 0 aromatic heterocycles. The number of piperidine rings is 1. The number of hydrazine groups is 1. The third kappa shape index (κ3) is 3.71. The number of hydrogen-bond acceptors (Lipinski definition) is 4. The average molecular weight is 270 g/mol. The topological polar surface area (TPSA) is 55.6 Å². The van der Waals surface area contributed by atoms with Crippen LogP contribution in [0.4, 0.5) is 8.78 Å². The van der Waals surface area contributed by atoms with Gasteiger partial charge < -0.3 is 4.74 Å². The van der Waals surface area contributed by atoms with Crippen LogP contribution in [0.3, 0.4) is 0 Å². The molecule has 0 saturated carbocycles. The number of carbonyl (C=O) groups is 1. The van der Waals surface area contributed by atoms with Crippen molar-refractivity contribution in [2.24, 2.45) is 5.84 Å². The number of rotatable bonds is 3. The zero-order valence-electron chi connectivity index (χ0n) is 10.4. The number of halogens is 2. The number of esters is 1. The van der Waals surface area contributed by atoms with E-state index in [1.807, 2.05) is 18.2 Å². The van der Waals surface area contributed by atoms with Crippen molar-refractivity contribution < 1.29 is 18.3 Å². The van der Waals surface area contributed by atoms with Crippen molar-refractivity contribution in [1.82, 2.24) is 5.01 Å². The van der Waals surface area contributed by atoms with E-state index in [2.05, 4.69) is 0 Å². The van der Waals surface area contributed by atoms with Crippen molar-refractivity contribution >= 4 is 5.97 Å². The van der Waals surface area contributed by atoms with Crippen LogP contribution in [-0.4, -0.2) is 29.5 Å². The summed E-state index contributed by atoms with van der Waals surface area (Å²) in [6.45, 7) is 0.0493. The maximum Gasteiger partial charge on any atom is 0.325 e. The van der Waals surface area contributed by atoms with Crippen LogP contribution in [0, 0.1) is 0 Å². The Kier molecular flexibility index (Phi) is 4.11. The molecule has 1 saturated heterocycles. The summed E-state index contributed by atoms with van der Waals surface area (Å²) in [5.41, 5.74) is 0.807. The summed E-state index contributed by atoms with van der Waals surface area (Å²) in [6, 6.07) is 7.98. The van der Waals surface area contributed by atoms with Gasteiger partial charge in [-0.25, -0.2) is 13.8 Å².